The van der Waals surface area contributed by atoms with E-state index >= 15 is 0 Å². The normalized spacial score (nSPS) is 14.5. The summed E-state index contributed by atoms with van der Waals surface area (Å²) in [7, 11) is 3.12. The van der Waals surface area contributed by atoms with E-state index in [1.807, 2.05) is 56.3 Å². The number of aromatic nitrogens is 1. The summed E-state index contributed by atoms with van der Waals surface area (Å²) >= 11 is 7.13. The van der Waals surface area contributed by atoms with Gasteiger partial charge in [-0.15, -0.1) is 0 Å². The lowest BCUT2D eigenvalue weighted by Crippen LogP contribution is -2.40. The van der Waals surface area contributed by atoms with Crippen molar-refractivity contribution in [3.8, 4) is 23.0 Å². The SMILES string of the molecule is CCOC(=O)C1=C(C)N=c2s/c(=C\c3cc(Br)c(OCc4ccc(I)cc4)c(OC)c3)c(=O)n2[C@H]1c1ccc(OC(C)C)c(OC)c1. The van der Waals surface area contributed by atoms with Crippen LogP contribution in [0.1, 0.15) is 50.4 Å². The van der Waals surface area contributed by atoms with E-state index in [-0.39, 0.29) is 23.8 Å². The zero-order valence-corrected chi connectivity index (χ0v) is 31.3. The van der Waals surface area contributed by atoms with E-state index in [1.54, 1.807) is 46.3 Å². The van der Waals surface area contributed by atoms with Gasteiger partial charge in [-0.3, -0.25) is 9.36 Å². The molecule has 1 aliphatic heterocycles. The molecule has 1 atom stereocenters. The van der Waals surface area contributed by atoms with E-state index in [0.29, 0.717) is 54.7 Å². The van der Waals surface area contributed by atoms with Gasteiger partial charge in [0.2, 0.25) is 0 Å². The first-order valence-electron chi connectivity index (χ1n) is 14.8. The van der Waals surface area contributed by atoms with Gasteiger partial charge in [0.15, 0.2) is 27.8 Å². The lowest BCUT2D eigenvalue weighted by atomic mass is 9.95. The number of thiazole rings is 1. The van der Waals surface area contributed by atoms with Gasteiger partial charge in [-0.2, -0.15) is 0 Å². The Kier molecular flexibility index (Phi) is 11.1. The molecule has 1 aliphatic rings. The Bertz CT molecular complexity index is 2020. The molecule has 0 spiro atoms. The van der Waals surface area contributed by atoms with Crippen molar-refractivity contribution in [1.82, 2.24) is 4.57 Å². The van der Waals surface area contributed by atoms with E-state index in [9.17, 15) is 9.59 Å². The number of esters is 1. The Morgan fingerprint density at radius 2 is 1.79 bits per heavy atom. The first-order valence-corrected chi connectivity index (χ1v) is 17.5. The van der Waals surface area contributed by atoms with Gasteiger partial charge in [0.1, 0.15) is 6.61 Å². The number of fused-ring (bicyclic) bond motifs is 1. The molecular weight excluding hydrogens is 799 g/mol. The summed E-state index contributed by atoms with van der Waals surface area (Å²) in [5.41, 5.74) is 2.85. The van der Waals surface area contributed by atoms with Gasteiger partial charge in [-0.05, 0) is 125 Å². The third kappa shape index (κ3) is 7.60. The summed E-state index contributed by atoms with van der Waals surface area (Å²) in [5, 5.41) is 0. The Hall–Kier alpha value is -3.62. The number of carbonyl (C=O) groups is 1. The summed E-state index contributed by atoms with van der Waals surface area (Å²) < 4.78 is 32.6. The number of nitrogens with zero attached hydrogens (tertiary/aromatic N) is 2. The quantitative estimate of drug-likeness (QED) is 0.125. The molecule has 0 fully saturated rings. The maximum atomic E-state index is 14.2. The van der Waals surface area contributed by atoms with Crippen LogP contribution in [0, 0.1) is 3.57 Å². The summed E-state index contributed by atoms with van der Waals surface area (Å²) in [6.45, 7) is 7.89. The molecule has 0 saturated heterocycles. The van der Waals surface area contributed by atoms with E-state index in [1.165, 1.54) is 15.9 Å². The van der Waals surface area contributed by atoms with Gasteiger partial charge < -0.3 is 23.7 Å². The molecule has 0 unspecified atom stereocenters. The van der Waals surface area contributed by atoms with Gasteiger partial charge in [-0.25, -0.2) is 9.79 Å². The Labute approximate surface area is 298 Å². The molecule has 4 aromatic rings. The van der Waals surface area contributed by atoms with E-state index in [0.717, 1.165) is 14.7 Å². The molecule has 9 nitrogen and oxygen atoms in total. The highest BCUT2D eigenvalue weighted by Crippen LogP contribution is 2.38. The number of allylic oxidation sites excluding steroid dienone is 1. The van der Waals surface area contributed by atoms with Crippen molar-refractivity contribution < 1.29 is 28.5 Å². The Balaban J connectivity index is 1.59. The number of methoxy groups -OCH3 is 2. The van der Waals surface area contributed by atoms with Gasteiger partial charge in [0.25, 0.3) is 5.56 Å². The molecule has 3 aromatic carbocycles. The molecule has 0 bridgehead atoms. The van der Waals surface area contributed by atoms with Crippen LogP contribution in [-0.2, 0) is 16.1 Å². The van der Waals surface area contributed by atoms with Crippen LogP contribution in [0.25, 0.3) is 6.08 Å². The number of carbonyl (C=O) groups excluding carboxylic acids is 1. The van der Waals surface area contributed by atoms with Crippen LogP contribution in [0.3, 0.4) is 0 Å². The highest BCUT2D eigenvalue weighted by Gasteiger charge is 2.34. The van der Waals surface area contributed by atoms with Gasteiger partial charge in [0, 0.05) is 3.57 Å². The fourth-order valence-electron chi connectivity index (χ4n) is 5.16. The summed E-state index contributed by atoms with van der Waals surface area (Å²) in [6.07, 6.45) is 1.71. The standard InChI is InChI=1S/C35H34BrIN2O7S/c1-7-44-34(41)30-20(4)38-35-39(31(30)23-10-13-26(46-19(2)3)27(17-23)42-5)33(40)29(47-35)16-22-14-25(36)32(28(15-22)43-6)45-18-21-8-11-24(37)12-9-21/h8-17,19,31H,7,18H2,1-6H3/b29-16-/t31-/m0/s1. The van der Waals surface area contributed by atoms with Crippen molar-refractivity contribution in [3.05, 3.63) is 110 Å². The predicted octanol–water partition coefficient (Wildman–Crippen LogP) is 6.55. The van der Waals surface area contributed by atoms with Crippen LogP contribution in [-0.4, -0.2) is 37.5 Å². The number of rotatable bonds is 11. The van der Waals surface area contributed by atoms with Crippen LogP contribution in [0.2, 0.25) is 0 Å². The molecule has 0 radical (unpaired) electrons. The zero-order chi connectivity index (χ0) is 33.8. The molecule has 1 aromatic heterocycles. The average molecular weight is 834 g/mol. The van der Waals surface area contributed by atoms with Gasteiger partial charge >= 0.3 is 5.97 Å². The Morgan fingerprint density at radius 1 is 1.06 bits per heavy atom. The Morgan fingerprint density at radius 3 is 2.45 bits per heavy atom. The molecule has 0 saturated carbocycles. The number of benzene rings is 3. The van der Waals surface area contributed by atoms with Crippen molar-refractivity contribution >= 4 is 61.9 Å². The topological polar surface area (TPSA) is 97.6 Å². The molecule has 12 heteroatoms. The minimum atomic E-state index is -0.798. The lowest BCUT2D eigenvalue weighted by Gasteiger charge is -2.25. The van der Waals surface area contributed by atoms with E-state index in [2.05, 4.69) is 43.5 Å². The summed E-state index contributed by atoms with van der Waals surface area (Å²) in [4.78, 5) is 32.6. The predicted molar refractivity (Wildman–Crippen MR) is 193 cm³/mol. The molecule has 246 valence electrons. The average Bonchev–Trinajstić information content (AvgIpc) is 3.34. The first kappa shape index (κ1) is 34.7. The third-order valence-electron chi connectivity index (χ3n) is 7.23. The number of halogens is 2. The van der Waals surface area contributed by atoms with E-state index < -0.39 is 12.0 Å². The van der Waals surface area contributed by atoms with Crippen molar-refractivity contribution in [2.45, 2.75) is 46.4 Å². The van der Waals surface area contributed by atoms with Gasteiger partial charge in [-0.1, -0.05) is 29.5 Å². The third-order valence-corrected chi connectivity index (χ3v) is 9.52. The maximum absolute atomic E-state index is 14.2. The molecular formula is C35H34BrIN2O7S. The fraction of sp³-hybridized carbons (Fsp3) is 0.286. The fourth-order valence-corrected chi connectivity index (χ4v) is 7.14. The molecule has 0 aliphatic carbocycles. The van der Waals surface area contributed by atoms with Crippen LogP contribution in [0.4, 0.5) is 0 Å². The van der Waals surface area contributed by atoms with Crippen LogP contribution in [0.5, 0.6) is 23.0 Å². The second-order valence-corrected chi connectivity index (χ2v) is 13.9. The molecule has 0 N–H and O–H groups in total. The smallest absolute Gasteiger partial charge is 0.338 e. The monoisotopic (exact) mass is 832 g/mol. The second-order valence-electron chi connectivity index (χ2n) is 10.8. The molecule has 47 heavy (non-hydrogen) atoms. The maximum Gasteiger partial charge on any atom is 0.338 e. The summed E-state index contributed by atoms with van der Waals surface area (Å²) in [5.74, 6) is 1.57. The first-order chi connectivity index (χ1) is 22.5. The number of ether oxygens (including phenoxy) is 5. The summed E-state index contributed by atoms with van der Waals surface area (Å²) in [6, 6.07) is 16.4. The zero-order valence-electron chi connectivity index (χ0n) is 26.8. The molecule has 5 rings (SSSR count). The van der Waals surface area contributed by atoms with Crippen LogP contribution < -0.4 is 33.8 Å². The largest absolute Gasteiger partial charge is 0.493 e. The van der Waals surface area contributed by atoms with Crippen molar-refractivity contribution in [1.29, 1.82) is 0 Å². The highest BCUT2D eigenvalue weighted by atomic mass is 127. The van der Waals surface area contributed by atoms with Crippen LogP contribution >= 0.6 is 49.9 Å². The number of hydrogen-bond donors (Lipinski definition) is 0. The van der Waals surface area contributed by atoms with Crippen molar-refractivity contribution in [2.24, 2.45) is 4.99 Å². The van der Waals surface area contributed by atoms with E-state index in [4.69, 9.17) is 23.7 Å². The van der Waals surface area contributed by atoms with Crippen LogP contribution in [0.15, 0.2) is 80.1 Å². The second kappa shape index (κ2) is 15.1. The lowest BCUT2D eigenvalue weighted by molar-refractivity contribution is -0.139. The van der Waals surface area contributed by atoms with Gasteiger partial charge in [0.05, 0.1) is 53.2 Å². The van der Waals surface area contributed by atoms with Crippen molar-refractivity contribution in [2.75, 3.05) is 20.8 Å². The minimum Gasteiger partial charge on any atom is -0.493 e. The number of hydrogen-bond acceptors (Lipinski definition) is 9. The highest BCUT2D eigenvalue weighted by molar-refractivity contribution is 14.1. The molecule has 2 heterocycles. The minimum absolute atomic E-state index is 0.0723. The van der Waals surface area contributed by atoms with Crippen molar-refractivity contribution in [3.63, 3.8) is 0 Å². The molecule has 0 amide bonds.